The number of nitrogens with one attached hydrogen (secondary N) is 2. The second-order valence-corrected chi connectivity index (χ2v) is 10.2. The summed E-state index contributed by atoms with van der Waals surface area (Å²) in [5.41, 5.74) is 3.49. The smallest absolute Gasteiger partial charge is 0.254 e. The lowest BCUT2D eigenvalue weighted by Crippen LogP contribution is -2.38. The number of aromatic nitrogens is 2. The summed E-state index contributed by atoms with van der Waals surface area (Å²) in [6.45, 7) is 2.19. The zero-order valence-electron chi connectivity index (χ0n) is 21.3. The van der Waals surface area contributed by atoms with Crippen molar-refractivity contribution in [2.45, 2.75) is 50.9 Å². The third kappa shape index (κ3) is 5.58. The molecule has 3 aromatic rings. The summed E-state index contributed by atoms with van der Waals surface area (Å²) in [6, 6.07) is 12.9. The van der Waals surface area contributed by atoms with Crippen LogP contribution in [0.25, 0.3) is 11.3 Å². The SMILES string of the molecule is COc1cccc(C(C)NC(=O)CN2Cc3ccc(-c4nc(N[C@@H]5CC[C@@H](O)C5)ncc4Cl)cc3C2=O)c1. The summed E-state index contributed by atoms with van der Waals surface area (Å²) >= 11 is 6.42. The number of aliphatic hydroxyl groups is 1. The number of nitrogens with zero attached hydrogens (tertiary/aromatic N) is 3. The van der Waals surface area contributed by atoms with Crippen LogP contribution in [0.2, 0.25) is 5.02 Å². The molecule has 1 unspecified atom stereocenters. The van der Waals surface area contributed by atoms with Gasteiger partial charge >= 0.3 is 0 Å². The van der Waals surface area contributed by atoms with Gasteiger partial charge in [-0.2, -0.15) is 0 Å². The Balaban J connectivity index is 1.26. The lowest BCUT2D eigenvalue weighted by Gasteiger charge is -2.19. The third-order valence-electron chi connectivity index (χ3n) is 7.05. The molecule has 0 bridgehead atoms. The van der Waals surface area contributed by atoms with Crippen LogP contribution in [0.5, 0.6) is 5.75 Å². The highest BCUT2D eigenvalue weighted by Crippen LogP contribution is 2.32. The number of carbonyl (C=O) groups excluding carboxylic acids is 2. The Morgan fingerprint density at radius 3 is 2.87 bits per heavy atom. The van der Waals surface area contributed by atoms with Gasteiger partial charge in [-0.15, -0.1) is 0 Å². The summed E-state index contributed by atoms with van der Waals surface area (Å²) in [6.07, 6.45) is 3.47. The summed E-state index contributed by atoms with van der Waals surface area (Å²) in [7, 11) is 1.60. The van der Waals surface area contributed by atoms with Crippen molar-refractivity contribution in [3.05, 3.63) is 70.4 Å². The number of anilines is 1. The van der Waals surface area contributed by atoms with Crippen LogP contribution >= 0.6 is 11.6 Å². The van der Waals surface area contributed by atoms with Gasteiger partial charge in [0.2, 0.25) is 11.9 Å². The Morgan fingerprint density at radius 1 is 1.26 bits per heavy atom. The van der Waals surface area contributed by atoms with Gasteiger partial charge in [-0.3, -0.25) is 9.59 Å². The molecule has 1 saturated carbocycles. The van der Waals surface area contributed by atoms with Gasteiger partial charge in [0.05, 0.1) is 36.2 Å². The molecule has 2 aromatic carbocycles. The van der Waals surface area contributed by atoms with Gasteiger partial charge in [0, 0.05) is 23.7 Å². The summed E-state index contributed by atoms with van der Waals surface area (Å²) in [5.74, 6) is 0.690. The quantitative estimate of drug-likeness (QED) is 0.399. The highest BCUT2D eigenvalue weighted by atomic mass is 35.5. The van der Waals surface area contributed by atoms with Crippen LogP contribution in [0, 0.1) is 0 Å². The maximum Gasteiger partial charge on any atom is 0.254 e. The molecule has 1 fully saturated rings. The van der Waals surface area contributed by atoms with Crippen LogP contribution in [-0.2, 0) is 11.3 Å². The van der Waals surface area contributed by atoms with Gasteiger partial charge in [0.25, 0.3) is 5.91 Å². The van der Waals surface area contributed by atoms with E-state index in [9.17, 15) is 14.7 Å². The Hall–Kier alpha value is -3.69. The molecule has 0 radical (unpaired) electrons. The predicted octanol–water partition coefficient (Wildman–Crippen LogP) is 3.96. The predicted molar refractivity (Wildman–Crippen MR) is 144 cm³/mol. The second-order valence-electron chi connectivity index (χ2n) is 9.80. The van der Waals surface area contributed by atoms with Gasteiger partial charge in [0.1, 0.15) is 12.3 Å². The molecular weight excluding hydrogens is 506 g/mol. The molecule has 3 N–H and O–H groups in total. The normalized spacial score (nSPS) is 19.3. The Labute approximate surface area is 226 Å². The van der Waals surface area contributed by atoms with Crippen LogP contribution in [-0.4, -0.2) is 57.6 Å². The summed E-state index contributed by atoms with van der Waals surface area (Å²) in [5, 5.41) is 16.4. The summed E-state index contributed by atoms with van der Waals surface area (Å²) in [4.78, 5) is 36.4. The Kier molecular flexibility index (Phi) is 7.49. The van der Waals surface area contributed by atoms with Crippen molar-refractivity contribution in [2.24, 2.45) is 0 Å². The number of methoxy groups -OCH3 is 1. The van der Waals surface area contributed by atoms with Gasteiger partial charge in [0.15, 0.2) is 0 Å². The zero-order chi connectivity index (χ0) is 26.8. The van der Waals surface area contributed by atoms with E-state index < -0.39 is 0 Å². The van der Waals surface area contributed by atoms with E-state index in [1.165, 1.54) is 11.1 Å². The van der Waals surface area contributed by atoms with Crippen molar-refractivity contribution in [3.8, 4) is 17.0 Å². The fraction of sp³-hybridized carbons (Fsp3) is 0.357. The lowest BCUT2D eigenvalue weighted by atomic mass is 10.0. The molecule has 2 heterocycles. The molecule has 3 atom stereocenters. The molecule has 1 aliphatic heterocycles. The lowest BCUT2D eigenvalue weighted by molar-refractivity contribution is -0.122. The average molecular weight is 536 g/mol. The van der Waals surface area contributed by atoms with Crippen molar-refractivity contribution in [1.82, 2.24) is 20.2 Å². The van der Waals surface area contributed by atoms with Gasteiger partial charge in [-0.1, -0.05) is 35.9 Å². The molecule has 1 aliphatic carbocycles. The standard InChI is InChI=1S/C28H30ClN5O4/c1-16(17-4-3-5-22(10-17)38-2)31-25(36)15-34-14-19-7-6-18(11-23(19)27(34)37)26-24(29)13-30-28(33-26)32-20-8-9-21(35)12-20/h3-7,10-11,13,16,20-21,35H,8-9,12,14-15H2,1-2H3,(H,31,36)(H,30,32,33)/t16?,20-,21-/m1/s1. The first-order chi connectivity index (χ1) is 18.3. The van der Waals surface area contributed by atoms with Crippen LogP contribution in [0.1, 0.15) is 53.7 Å². The first-order valence-corrected chi connectivity index (χ1v) is 13.0. The van der Waals surface area contributed by atoms with E-state index in [1.54, 1.807) is 13.2 Å². The molecule has 2 aliphatic rings. The first-order valence-electron chi connectivity index (χ1n) is 12.6. The zero-order valence-corrected chi connectivity index (χ0v) is 22.0. The number of fused-ring (bicyclic) bond motifs is 1. The minimum atomic E-state index is -0.308. The number of hydrogen-bond acceptors (Lipinski definition) is 7. The number of halogens is 1. The van der Waals surface area contributed by atoms with Crippen molar-refractivity contribution < 1.29 is 19.4 Å². The highest BCUT2D eigenvalue weighted by molar-refractivity contribution is 6.33. The monoisotopic (exact) mass is 535 g/mol. The van der Waals surface area contributed by atoms with E-state index in [4.69, 9.17) is 16.3 Å². The van der Waals surface area contributed by atoms with E-state index in [0.29, 0.717) is 46.5 Å². The molecule has 1 aromatic heterocycles. The van der Waals surface area contributed by atoms with E-state index >= 15 is 0 Å². The summed E-state index contributed by atoms with van der Waals surface area (Å²) < 4.78 is 5.26. The van der Waals surface area contributed by atoms with Crippen molar-refractivity contribution in [3.63, 3.8) is 0 Å². The van der Waals surface area contributed by atoms with Crippen molar-refractivity contribution in [1.29, 1.82) is 0 Å². The molecule has 2 amide bonds. The highest BCUT2D eigenvalue weighted by Gasteiger charge is 2.30. The number of carbonyl (C=O) groups is 2. The van der Waals surface area contributed by atoms with Crippen molar-refractivity contribution in [2.75, 3.05) is 19.0 Å². The van der Waals surface area contributed by atoms with E-state index in [2.05, 4.69) is 20.6 Å². The third-order valence-corrected chi connectivity index (χ3v) is 7.33. The number of benzene rings is 2. The Bertz CT molecular complexity index is 1370. The van der Waals surface area contributed by atoms with Gasteiger partial charge in [-0.05, 0) is 55.5 Å². The maximum atomic E-state index is 13.2. The second kappa shape index (κ2) is 11.0. The minimum Gasteiger partial charge on any atom is -0.497 e. The maximum absolute atomic E-state index is 13.2. The largest absolute Gasteiger partial charge is 0.497 e. The number of hydrogen-bond donors (Lipinski definition) is 3. The first kappa shape index (κ1) is 25.9. The van der Waals surface area contributed by atoms with E-state index in [1.807, 2.05) is 43.3 Å². The van der Waals surface area contributed by atoms with Crippen LogP contribution < -0.4 is 15.4 Å². The van der Waals surface area contributed by atoms with E-state index in [0.717, 1.165) is 24.0 Å². The van der Waals surface area contributed by atoms with Crippen LogP contribution in [0.3, 0.4) is 0 Å². The number of aliphatic hydroxyl groups excluding tert-OH is 1. The number of ether oxygens (including phenoxy) is 1. The minimum absolute atomic E-state index is 0.0489. The van der Waals surface area contributed by atoms with Crippen LogP contribution in [0.15, 0.2) is 48.7 Å². The molecule has 10 heteroatoms. The molecular formula is C28H30ClN5O4. The van der Waals surface area contributed by atoms with Gasteiger partial charge < -0.3 is 25.4 Å². The molecule has 0 saturated heterocycles. The molecule has 0 spiro atoms. The number of rotatable bonds is 8. The van der Waals surface area contributed by atoms with Gasteiger partial charge in [-0.25, -0.2) is 9.97 Å². The Morgan fingerprint density at radius 2 is 2.11 bits per heavy atom. The molecule has 198 valence electrons. The van der Waals surface area contributed by atoms with E-state index in [-0.39, 0.29) is 36.5 Å². The number of amides is 2. The average Bonchev–Trinajstić information content (AvgIpc) is 3.46. The molecule has 9 nitrogen and oxygen atoms in total. The topological polar surface area (TPSA) is 117 Å². The molecule has 38 heavy (non-hydrogen) atoms. The fourth-order valence-corrected chi connectivity index (χ4v) is 5.20. The van der Waals surface area contributed by atoms with Crippen LogP contribution in [0.4, 0.5) is 5.95 Å². The fourth-order valence-electron chi connectivity index (χ4n) is 5.00. The molecule has 5 rings (SSSR count). The van der Waals surface area contributed by atoms with Crippen molar-refractivity contribution >= 4 is 29.4 Å².